The van der Waals surface area contributed by atoms with Crippen molar-refractivity contribution in [2.24, 2.45) is 0 Å². The zero-order valence-corrected chi connectivity index (χ0v) is 14.2. The molecular formula is C17H18N2O7. The number of aromatic hydroxyl groups is 1. The normalized spacial score (nSPS) is 14.9. The molecule has 0 amide bonds. The molecule has 0 saturated heterocycles. The molecular weight excluding hydrogens is 344 g/mol. The molecule has 9 nitrogen and oxygen atoms in total. The number of carboxylic acids is 1. The summed E-state index contributed by atoms with van der Waals surface area (Å²) in [6, 6.07) is 5.04. The molecule has 0 fully saturated rings. The number of nitrogens with zero attached hydrogens (tertiary/aromatic N) is 1. The molecule has 0 aliphatic carbocycles. The number of hydrogen-bond donors (Lipinski definition) is 1. The van der Waals surface area contributed by atoms with Gasteiger partial charge in [-0.15, -0.1) is 0 Å². The molecule has 0 saturated carbocycles. The third-order valence-corrected chi connectivity index (χ3v) is 3.68. The smallest absolute Gasteiger partial charge is 0.278 e. The molecule has 3 rings (SSSR count). The van der Waals surface area contributed by atoms with Crippen molar-refractivity contribution in [1.82, 2.24) is 0 Å². The first-order valence-electron chi connectivity index (χ1n) is 7.77. The second-order valence-corrected chi connectivity index (χ2v) is 5.36. The summed E-state index contributed by atoms with van der Waals surface area (Å²) in [6.07, 6.45) is 1.44. The van der Waals surface area contributed by atoms with Gasteiger partial charge in [-0.25, -0.2) is 4.98 Å². The molecule has 1 aromatic heterocycles. The van der Waals surface area contributed by atoms with Crippen LogP contribution in [0.5, 0.6) is 5.75 Å². The van der Waals surface area contributed by atoms with Gasteiger partial charge in [-0.1, -0.05) is 12.1 Å². The van der Waals surface area contributed by atoms with Crippen molar-refractivity contribution >= 4 is 11.7 Å². The maximum Gasteiger partial charge on any atom is 0.278 e. The molecule has 2 N–H and O–H groups in total. The van der Waals surface area contributed by atoms with Crippen LogP contribution < -0.4 is 10.1 Å². The lowest BCUT2D eigenvalue weighted by molar-refractivity contribution is -0.389. The number of hydrogen-bond acceptors (Lipinski definition) is 7. The first-order valence-corrected chi connectivity index (χ1v) is 7.77. The number of fused-ring (bicyclic) bond motifs is 1. The molecule has 1 atom stereocenters. The Morgan fingerprint density at radius 1 is 1.46 bits per heavy atom. The zero-order chi connectivity index (χ0) is 19.3. The first-order chi connectivity index (χ1) is 12.4. The molecule has 1 aliphatic rings. The fourth-order valence-electron chi connectivity index (χ4n) is 2.42. The lowest BCUT2D eigenvalue weighted by Crippen LogP contribution is -2.23. The second kappa shape index (κ2) is 8.37. The summed E-state index contributed by atoms with van der Waals surface area (Å²) in [5.74, 6) is -1.29. The molecule has 0 spiro atoms. The van der Waals surface area contributed by atoms with Crippen LogP contribution in [0.4, 0.5) is 5.69 Å². The van der Waals surface area contributed by atoms with Crippen molar-refractivity contribution in [2.45, 2.75) is 26.7 Å². The Bertz CT molecular complexity index is 788. The number of nitrogens with one attached hydrogen (secondary N) is 1. The van der Waals surface area contributed by atoms with Gasteiger partial charge in [0.25, 0.3) is 5.69 Å². The van der Waals surface area contributed by atoms with Crippen LogP contribution in [0.2, 0.25) is 0 Å². The molecule has 2 heterocycles. The highest BCUT2D eigenvalue weighted by atomic mass is 16.7. The average Bonchev–Trinajstić information content (AvgIpc) is 3.02. The van der Waals surface area contributed by atoms with Gasteiger partial charge in [0.05, 0.1) is 34.2 Å². The fourth-order valence-corrected chi connectivity index (χ4v) is 2.42. The van der Waals surface area contributed by atoms with Crippen molar-refractivity contribution in [3.8, 4) is 5.75 Å². The highest BCUT2D eigenvalue weighted by Crippen LogP contribution is 2.37. The predicted molar refractivity (Wildman–Crippen MR) is 86.0 cm³/mol. The highest BCUT2D eigenvalue weighted by Gasteiger charge is 2.30. The molecule has 9 heteroatoms. The zero-order valence-electron chi connectivity index (χ0n) is 14.2. The number of aromatic carboxylic acids is 1. The van der Waals surface area contributed by atoms with E-state index in [0.29, 0.717) is 13.2 Å². The summed E-state index contributed by atoms with van der Waals surface area (Å²) in [4.78, 5) is 22.8. The summed E-state index contributed by atoms with van der Waals surface area (Å²) in [5, 5.41) is 30.4. The standard InChI is InChI=1S/C10H13NO3.C7H5NO4/c1-3-13-10-8-7(5-14-10)4-11-6(2)9(8)12;9-7(10)5-3-1-2-4-6(5)8(11)12/h4,10,12H,3,5H2,1-2H3;1-4H,(H,9,10). The third kappa shape index (κ3) is 4.13. The monoisotopic (exact) mass is 362 g/mol. The SMILES string of the molecule is CCOC1OCc2c[nH+]c(C)c(O)c21.O=C([O-])c1ccccc1[N+](=O)[O-]. The maximum atomic E-state index is 10.3. The summed E-state index contributed by atoms with van der Waals surface area (Å²) < 4.78 is 10.8. The number of rotatable bonds is 4. The molecule has 1 aromatic carbocycles. The van der Waals surface area contributed by atoms with E-state index in [1.54, 1.807) is 0 Å². The number of carboxylic acid groups (broad SMARTS) is 1. The van der Waals surface area contributed by atoms with Crippen LogP contribution in [0, 0.1) is 17.0 Å². The largest absolute Gasteiger partial charge is 0.545 e. The molecule has 0 radical (unpaired) electrons. The van der Waals surface area contributed by atoms with Gasteiger partial charge in [0.2, 0.25) is 5.69 Å². The minimum Gasteiger partial charge on any atom is -0.545 e. The van der Waals surface area contributed by atoms with Gasteiger partial charge in [0.1, 0.15) is 0 Å². The van der Waals surface area contributed by atoms with Crippen molar-refractivity contribution in [1.29, 1.82) is 0 Å². The number of aromatic nitrogens is 1. The Hall–Kier alpha value is -3.04. The van der Waals surface area contributed by atoms with Crippen LogP contribution in [0.1, 0.15) is 40.4 Å². The van der Waals surface area contributed by atoms with E-state index < -0.39 is 28.4 Å². The maximum absolute atomic E-state index is 10.3. The lowest BCUT2D eigenvalue weighted by Gasteiger charge is -2.11. The fraction of sp³-hybridized carbons (Fsp3) is 0.294. The number of H-pyrrole nitrogens is 1. The molecule has 26 heavy (non-hydrogen) atoms. The van der Waals surface area contributed by atoms with Crippen molar-refractivity contribution < 1.29 is 34.4 Å². The summed E-state index contributed by atoms with van der Waals surface area (Å²) in [7, 11) is 0. The van der Waals surface area contributed by atoms with Crippen molar-refractivity contribution in [3.63, 3.8) is 0 Å². The number of aryl methyl sites for hydroxylation is 1. The van der Waals surface area contributed by atoms with Gasteiger partial charge in [-0.3, -0.25) is 10.1 Å². The number of aromatic amines is 1. The van der Waals surface area contributed by atoms with Crippen LogP contribution in [0.25, 0.3) is 0 Å². The number of nitro benzene ring substituents is 1. The van der Waals surface area contributed by atoms with Gasteiger partial charge in [0.15, 0.2) is 18.2 Å². The van der Waals surface area contributed by atoms with E-state index in [2.05, 4.69) is 4.98 Å². The number of carbonyl (C=O) groups is 1. The van der Waals surface area contributed by atoms with Crippen molar-refractivity contribution in [3.05, 3.63) is 63.0 Å². The quantitative estimate of drug-likeness (QED) is 0.634. The van der Waals surface area contributed by atoms with E-state index in [1.807, 2.05) is 20.0 Å². The number of nitro groups is 1. The first kappa shape index (κ1) is 19.3. The van der Waals surface area contributed by atoms with Gasteiger partial charge >= 0.3 is 0 Å². The number of ether oxygens (including phenoxy) is 2. The summed E-state index contributed by atoms with van der Waals surface area (Å²) in [6.45, 7) is 4.78. The van der Waals surface area contributed by atoms with Crippen molar-refractivity contribution in [2.75, 3.05) is 6.61 Å². The van der Waals surface area contributed by atoms with E-state index in [-0.39, 0.29) is 5.75 Å². The summed E-state index contributed by atoms with van der Waals surface area (Å²) in [5.41, 5.74) is 1.62. The number of carbonyl (C=O) groups excluding carboxylic acids is 1. The molecule has 1 aliphatic heterocycles. The minimum atomic E-state index is -1.54. The van der Waals surface area contributed by atoms with Crippen LogP contribution in [0.3, 0.4) is 0 Å². The Morgan fingerprint density at radius 2 is 2.15 bits per heavy atom. The van der Waals surface area contributed by atoms with Gasteiger partial charge < -0.3 is 24.5 Å². The minimum absolute atomic E-state index is 0.249. The molecule has 138 valence electrons. The Morgan fingerprint density at radius 3 is 2.73 bits per heavy atom. The number of pyridine rings is 1. The summed E-state index contributed by atoms with van der Waals surface area (Å²) >= 11 is 0. The van der Waals surface area contributed by atoms with Crippen LogP contribution in [0.15, 0.2) is 30.5 Å². The van der Waals surface area contributed by atoms with Gasteiger partial charge in [0, 0.05) is 19.6 Å². The Kier molecular flexibility index (Phi) is 6.21. The molecule has 2 aromatic rings. The number of para-hydroxylation sites is 1. The Labute approximate surface area is 149 Å². The Balaban J connectivity index is 0.000000190. The van der Waals surface area contributed by atoms with Crippen LogP contribution in [-0.4, -0.2) is 22.6 Å². The average molecular weight is 362 g/mol. The predicted octanol–water partition coefficient (Wildman–Crippen LogP) is 1.04. The topological polar surface area (TPSA) is 136 Å². The molecule has 1 unspecified atom stereocenters. The van der Waals surface area contributed by atoms with E-state index in [4.69, 9.17) is 9.47 Å². The second-order valence-electron chi connectivity index (χ2n) is 5.36. The van der Waals surface area contributed by atoms with Gasteiger partial charge in [-0.2, -0.15) is 0 Å². The molecule has 0 bridgehead atoms. The van der Waals surface area contributed by atoms with E-state index >= 15 is 0 Å². The van der Waals surface area contributed by atoms with E-state index in [0.717, 1.165) is 29.0 Å². The lowest BCUT2D eigenvalue weighted by atomic mass is 10.1. The number of benzene rings is 1. The van der Waals surface area contributed by atoms with Gasteiger partial charge in [-0.05, 0) is 13.0 Å². The third-order valence-electron chi connectivity index (χ3n) is 3.68. The van der Waals surface area contributed by atoms with E-state index in [9.17, 15) is 25.1 Å². The van der Waals surface area contributed by atoms with E-state index in [1.165, 1.54) is 12.1 Å². The van der Waals surface area contributed by atoms with Crippen LogP contribution >= 0.6 is 0 Å². The van der Waals surface area contributed by atoms with Crippen LogP contribution in [-0.2, 0) is 16.1 Å². The highest BCUT2D eigenvalue weighted by molar-refractivity contribution is 5.90.